The maximum atomic E-state index is 13.0. The highest BCUT2D eigenvalue weighted by Crippen LogP contribution is 2.33. The maximum Gasteiger partial charge on any atom is 0.270 e. The predicted octanol–water partition coefficient (Wildman–Crippen LogP) is 3.87. The Morgan fingerprint density at radius 1 is 1.14 bits per heavy atom. The number of hydrogen-bond acceptors (Lipinski definition) is 5. The second-order valence-corrected chi connectivity index (χ2v) is 7.47. The summed E-state index contributed by atoms with van der Waals surface area (Å²) in [4.78, 5) is 17.5. The van der Waals surface area contributed by atoms with Crippen LogP contribution < -0.4 is 10.1 Å². The van der Waals surface area contributed by atoms with Crippen molar-refractivity contribution in [2.24, 2.45) is 0 Å². The highest BCUT2D eigenvalue weighted by molar-refractivity contribution is 5.97. The molecule has 4 rings (SSSR count). The van der Waals surface area contributed by atoms with Crippen LogP contribution >= 0.6 is 0 Å². The summed E-state index contributed by atoms with van der Waals surface area (Å²) < 4.78 is 17.4. The smallest absolute Gasteiger partial charge is 0.270 e. The summed E-state index contributed by atoms with van der Waals surface area (Å²) in [5.41, 5.74) is 1.98. The Labute approximate surface area is 169 Å². The molecule has 0 saturated carbocycles. The number of methoxy groups -OCH3 is 1. The standard InChI is InChI=1S/C23H24N2O4/c1-23(2)28-14-19(21(29-23)15-9-5-4-6-10-15)25-22(26)18-13-20(27-3)16-11-7-8-12-17(16)24-18/h4-13,19,21H,14H2,1-3H3,(H,25,26)/t19-,21-/m1/s1. The summed E-state index contributed by atoms with van der Waals surface area (Å²) >= 11 is 0. The van der Waals surface area contributed by atoms with Crippen molar-refractivity contribution in [2.45, 2.75) is 31.8 Å². The number of aromatic nitrogens is 1. The van der Waals surface area contributed by atoms with Gasteiger partial charge < -0.3 is 19.5 Å². The summed E-state index contributed by atoms with van der Waals surface area (Å²) in [6, 6.07) is 18.7. The van der Waals surface area contributed by atoms with Crippen LogP contribution in [0.3, 0.4) is 0 Å². The molecule has 6 nitrogen and oxygen atoms in total. The third-order valence-corrected chi connectivity index (χ3v) is 4.96. The average molecular weight is 392 g/mol. The number of benzene rings is 2. The molecular weight excluding hydrogens is 368 g/mol. The minimum atomic E-state index is -0.730. The van der Waals surface area contributed by atoms with Crippen LogP contribution in [-0.4, -0.2) is 36.4 Å². The van der Waals surface area contributed by atoms with E-state index in [0.717, 1.165) is 10.9 Å². The molecule has 0 aliphatic carbocycles. The van der Waals surface area contributed by atoms with Crippen LogP contribution in [-0.2, 0) is 9.47 Å². The Balaban J connectivity index is 1.62. The summed E-state index contributed by atoms with van der Waals surface area (Å²) in [6.45, 7) is 4.08. The number of hydrogen-bond donors (Lipinski definition) is 1. The lowest BCUT2D eigenvalue weighted by atomic mass is 10.0. The number of fused-ring (bicyclic) bond motifs is 1. The van der Waals surface area contributed by atoms with Crippen molar-refractivity contribution in [3.05, 3.63) is 71.9 Å². The molecule has 2 aromatic carbocycles. The number of amides is 1. The van der Waals surface area contributed by atoms with Gasteiger partial charge in [-0.05, 0) is 31.5 Å². The first-order valence-corrected chi connectivity index (χ1v) is 9.58. The SMILES string of the molecule is COc1cc(C(=O)N[C@@H]2COC(C)(C)O[C@@H]2c2ccccc2)nc2ccccc12. The summed E-state index contributed by atoms with van der Waals surface area (Å²) in [7, 11) is 1.58. The van der Waals surface area contributed by atoms with Gasteiger partial charge in [-0.3, -0.25) is 4.79 Å². The quantitative estimate of drug-likeness (QED) is 0.730. The first-order valence-electron chi connectivity index (χ1n) is 9.58. The van der Waals surface area contributed by atoms with E-state index in [1.807, 2.05) is 68.4 Å². The van der Waals surface area contributed by atoms with Crippen LogP contribution in [0.1, 0.15) is 36.0 Å². The second-order valence-electron chi connectivity index (χ2n) is 7.47. The molecule has 1 aliphatic heterocycles. The molecule has 0 radical (unpaired) electrons. The van der Waals surface area contributed by atoms with Crippen LogP contribution in [0.4, 0.5) is 0 Å². The van der Waals surface area contributed by atoms with Crippen molar-refractivity contribution in [1.29, 1.82) is 0 Å². The molecule has 1 fully saturated rings. The van der Waals surface area contributed by atoms with Crippen molar-refractivity contribution >= 4 is 16.8 Å². The summed E-state index contributed by atoms with van der Waals surface area (Å²) in [5.74, 6) is -0.420. The van der Waals surface area contributed by atoms with Crippen LogP contribution in [0.5, 0.6) is 5.75 Å². The highest BCUT2D eigenvalue weighted by atomic mass is 16.7. The van der Waals surface area contributed by atoms with Gasteiger partial charge in [-0.25, -0.2) is 4.98 Å². The number of carbonyl (C=O) groups excluding carboxylic acids is 1. The van der Waals surface area contributed by atoms with Gasteiger partial charge in [0.25, 0.3) is 5.91 Å². The number of para-hydroxylation sites is 1. The molecule has 2 heterocycles. The largest absolute Gasteiger partial charge is 0.496 e. The third kappa shape index (κ3) is 4.09. The number of ether oxygens (including phenoxy) is 3. The van der Waals surface area contributed by atoms with Gasteiger partial charge in [-0.1, -0.05) is 42.5 Å². The second kappa shape index (κ2) is 7.81. The molecule has 1 aliphatic rings. The number of carbonyl (C=O) groups is 1. The van der Waals surface area contributed by atoms with E-state index in [0.29, 0.717) is 17.9 Å². The van der Waals surface area contributed by atoms with Gasteiger partial charge in [0, 0.05) is 11.5 Å². The zero-order valence-electron chi connectivity index (χ0n) is 16.7. The minimum Gasteiger partial charge on any atom is -0.496 e. The number of nitrogens with zero attached hydrogens (tertiary/aromatic N) is 1. The van der Waals surface area contributed by atoms with Gasteiger partial charge in [0.05, 0.1) is 25.3 Å². The van der Waals surface area contributed by atoms with Gasteiger partial charge in [-0.15, -0.1) is 0 Å². The van der Waals surface area contributed by atoms with Crippen molar-refractivity contribution in [2.75, 3.05) is 13.7 Å². The molecular formula is C23H24N2O4. The van der Waals surface area contributed by atoms with Gasteiger partial charge in [0.2, 0.25) is 0 Å². The summed E-state index contributed by atoms with van der Waals surface area (Å²) in [6.07, 6.45) is -0.328. The van der Waals surface area contributed by atoms with E-state index >= 15 is 0 Å². The molecule has 6 heteroatoms. The van der Waals surface area contributed by atoms with Gasteiger partial charge >= 0.3 is 0 Å². The number of nitrogens with one attached hydrogen (secondary N) is 1. The molecule has 150 valence electrons. The zero-order chi connectivity index (χ0) is 20.4. The van der Waals surface area contributed by atoms with Gasteiger partial charge in [-0.2, -0.15) is 0 Å². The first-order chi connectivity index (χ1) is 14.0. The van der Waals surface area contributed by atoms with E-state index in [4.69, 9.17) is 14.2 Å². The first kappa shape index (κ1) is 19.4. The van der Waals surface area contributed by atoms with E-state index in [1.165, 1.54) is 0 Å². The van der Waals surface area contributed by atoms with Gasteiger partial charge in [0.1, 0.15) is 17.5 Å². The molecule has 1 aromatic heterocycles. The van der Waals surface area contributed by atoms with E-state index in [-0.39, 0.29) is 23.7 Å². The molecule has 3 aromatic rings. The Hall–Kier alpha value is -2.96. The Morgan fingerprint density at radius 3 is 2.62 bits per heavy atom. The number of rotatable bonds is 4. The Kier molecular flexibility index (Phi) is 5.22. The fourth-order valence-corrected chi connectivity index (χ4v) is 3.53. The molecule has 0 unspecified atom stereocenters. The highest BCUT2D eigenvalue weighted by Gasteiger charge is 2.38. The lowest BCUT2D eigenvalue weighted by molar-refractivity contribution is -0.284. The van der Waals surface area contributed by atoms with Crippen LogP contribution in [0.2, 0.25) is 0 Å². The number of pyridine rings is 1. The summed E-state index contributed by atoms with van der Waals surface area (Å²) in [5, 5.41) is 3.89. The fourth-order valence-electron chi connectivity index (χ4n) is 3.53. The van der Waals surface area contributed by atoms with E-state index in [2.05, 4.69) is 10.3 Å². The maximum absolute atomic E-state index is 13.0. The minimum absolute atomic E-state index is 0.289. The van der Waals surface area contributed by atoms with E-state index < -0.39 is 5.79 Å². The molecule has 0 bridgehead atoms. The molecule has 1 N–H and O–H groups in total. The Morgan fingerprint density at radius 2 is 1.86 bits per heavy atom. The van der Waals surface area contributed by atoms with Gasteiger partial charge in [0.15, 0.2) is 5.79 Å². The van der Waals surface area contributed by atoms with Crippen molar-refractivity contribution in [1.82, 2.24) is 10.3 Å². The fraction of sp³-hybridized carbons (Fsp3) is 0.304. The third-order valence-electron chi connectivity index (χ3n) is 4.96. The van der Waals surface area contributed by atoms with Crippen molar-refractivity contribution in [3.8, 4) is 5.75 Å². The van der Waals surface area contributed by atoms with Crippen molar-refractivity contribution in [3.63, 3.8) is 0 Å². The molecule has 1 amide bonds. The molecule has 1 saturated heterocycles. The molecule has 0 spiro atoms. The zero-order valence-corrected chi connectivity index (χ0v) is 16.7. The lowest BCUT2D eigenvalue weighted by Gasteiger charge is -2.41. The molecule has 29 heavy (non-hydrogen) atoms. The topological polar surface area (TPSA) is 69.7 Å². The normalized spacial score (nSPS) is 20.9. The molecule has 2 atom stereocenters. The van der Waals surface area contributed by atoms with Crippen molar-refractivity contribution < 1.29 is 19.0 Å². The van der Waals surface area contributed by atoms with Crippen LogP contribution in [0.25, 0.3) is 10.9 Å². The lowest BCUT2D eigenvalue weighted by Crippen LogP contribution is -2.52. The predicted molar refractivity (Wildman–Crippen MR) is 110 cm³/mol. The van der Waals surface area contributed by atoms with Crippen LogP contribution in [0, 0.1) is 0 Å². The van der Waals surface area contributed by atoms with Crippen LogP contribution in [0.15, 0.2) is 60.7 Å². The van der Waals surface area contributed by atoms with E-state index in [9.17, 15) is 4.79 Å². The monoisotopic (exact) mass is 392 g/mol. The van der Waals surface area contributed by atoms with E-state index in [1.54, 1.807) is 13.2 Å². The average Bonchev–Trinajstić information content (AvgIpc) is 2.74. The Bertz CT molecular complexity index is 1020.